The first-order chi connectivity index (χ1) is 12.5. The maximum Gasteiger partial charge on any atom is 0.318 e. The Morgan fingerprint density at radius 2 is 2.15 bits per heavy atom. The number of nitrogens with zero attached hydrogens (tertiary/aromatic N) is 1. The summed E-state index contributed by atoms with van der Waals surface area (Å²) in [6.07, 6.45) is 5.28. The van der Waals surface area contributed by atoms with Gasteiger partial charge < -0.3 is 15.0 Å². The number of amides is 2. The Morgan fingerprint density at radius 3 is 2.85 bits per heavy atom. The van der Waals surface area contributed by atoms with Gasteiger partial charge in [-0.1, -0.05) is 18.2 Å². The van der Waals surface area contributed by atoms with Crippen LogP contribution in [0.15, 0.2) is 18.2 Å². The van der Waals surface area contributed by atoms with E-state index in [2.05, 4.69) is 42.3 Å². The molecule has 3 aliphatic rings. The van der Waals surface area contributed by atoms with Crippen molar-refractivity contribution in [2.45, 2.75) is 70.2 Å². The highest BCUT2D eigenvalue weighted by molar-refractivity contribution is 7.99. The average Bonchev–Trinajstić information content (AvgIpc) is 3.37. The van der Waals surface area contributed by atoms with E-state index in [-0.39, 0.29) is 17.7 Å². The van der Waals surface area contributed by atoms with Crippen molar-refractivity contribution in [2.75, 3.05) is 18.1 Å². The lowest BCUT2D eigenvalue weighted by atomic mass is 9.90. The van der Waals surface area contributed by atoms with E-state index in [0.29, 0.717) is 12.6 Å². The third kappa shape index (κ3) is 4.04. The number of rotatable bonds is 4. The van der Waals surface area contributed by atoms with Gasteiger partial charge in [-0.3, -0.25) is 0 Å². The maximum atomic E-state index is 13.0. The molecule has 1 saturated carbocycles. The van der Waals surface area contributed by atoms with E-state index in [1.54, 1.807) is 0 Å². The van der Waals surface area contributed by atoms with E-state index in [9.17, 15) is 4.79 Å². The third-order valence-electron chi connectivity index (χ3n) is 6.06. The Bertz CT molecular complexity index is 668. The van der Waals surface area contributed by atoms with Crippen LogP contribution in [0.4, 0.5) is 4.79 Å². The van der Waals surface area contributed by atoms with Gasteiger partial charge in [-0.15, -0.1) is 0 Å². The lowest BCUT2D eigenvalue weighted by Crippen LogP contribution is -2.52. The quantitative estimate of drug-likeness (QED) is 0.865. The zero-order valence-corrected chi connectivity index (χ0v) is 16.7. The molecular formula is C21H30N2O2S. The lowest BCUT2D eigenvalue weighted by molar-refractivity contribution is -0.0688. The molecule has 1 aromatic carbocycles. The van der Waals surface area contributed by atoms with Crippen molar-refractivity contribution in [2.24, 2.45) is 0 Å². The van der Waals surface area contributed by atoms with Crippen LogP contribution in [0.5, 0.6) is 0 Å². The van der Waals surface area contributed by atoms with Gasteiger partial charge in [-0.2, -0.15) is 11.8 Å². The summed E-state index contributed by atoms with van der Waals surface area (Å²) >= 11 is 1.98. The predicted molar refractivity (Wildman–Crippen MR) is 107 cm³/mol. The van der Waals surface area contributed by atoms with Gasteiger partial charge in [0.25, 0.3) is 0 Å². The van der Waals surface area contributed by atoms with Crippen molar-refractivity contribution in [3.8, 4) is 0 Å². The molecule has 1 aromatic rings. The van der Waals surface area contributed by atoms with Crippen LogP contribution < -0.4 is 5.32 Å². The Labute approximate surface area is 161 Å². The van der Waals surface area contributed by atoms with Gasteiger partial charge >= 0.3 is 6.03 Å². The summed E-state index contributed by atoms with van der Waals surface area (Å²) in [5, 5.41) is 3.34. The largest absolute Gasteiger partial charge is 0.374 e. The summed E-state index contributed by atoms with van der Waals surface area (Å²) in [5.41, 5.74) is 3.84. The van der Waals surface area contributed by atoms with Crippen LogP contribution in [0, 0.1) is 13.8 Å². The van der Waals surface area contributed by atoms with E-state index in [1.165, 1.54) is 22.4 Å². The molecule has 26 heavy (non-hydrogen) atoms. The highest BCUT2D eigenvalue weighted by Crippen LogP contribution is 2.38. The summed E-state index contributed by atoms with van der Waals surface area (Å²) in [5.74, 6) is 2.26. The smallest absolute Gasteiger partial charge is 0.318 e. The molecule has 0 aromatic heterocycles. The first kappa shape index (κ1) is 18.2. The maximum absolute atomic E-state index is 13.0. The zero-order valence-electron chi connectivity index (χ0n) is 15.9. The Kier molecular flexibility index (Phi) is 5.20. The second kappa shape index (κ2) is 7.43. The van der Waals surface area contributed by atoms with Crippen molar-refractivity contribution in [1.29, 1.82) is 0 Å². The number of aryl methyl sites for hydroxylation is 2. The Balaban J connectivity index is 1.40. The van der Waals surface area contributed by atoms with Crippen LogP contribution in [0.1, 0.15) is 48.8 Å². The summed E-state index contributed by atoms with van der Waals surface area (Å²) in [6.45, 7) is 5.75. The molecule has 5 heteroatoms. The number of thioether (sulfide) groups is 1. The van der Waals surface area contributed by atoms with Crippen LogP contribution >= 0.6 is 11.8 Å². The number of carbonyl (C=O) groups is 1. The molecule has 3 fully saturated rings. The molecule has 2 amide bonds. The first-order valence-electron chi connectivity index (χ1n) is 9.90. The molecule has 4 nitrogen and oxygen atoms in total. The number of benzene rings is 1. The molecule has 2 aliphatic heterocycles. The number of hydrogen-bond donors (Lipinski definition) is 1. The van der Waals surface area contributed by atoms with E-state index in [0.717, 1.165) is 44.5 Å². The Hall–Kier alpha value is -1.20. The van der Waals surface area contributed by atoms with Crippen molar-refractivity contribution in [3.63, 3.8) is 0 Å². The van der Waals surface area contributed by atoms with Gasteiger partial charge in [0.2, 0.25) is 0 Å². The van der Waals surface area contributed by atoms with Crippen LogP contribution in [-0.2, 0) is 11.3 Å². The second-order valence-corrected chi connectivity index (χ2v) is 9.36. The minimum Gasteiger partial charge on any atom is -0.374 e. The zero-order chi connectivity index (χ0) is 18.1. The Morgan fingerprint density at radius 1 is 1.31 bits per heavy atom. The molecular weight excluding hydrogens is 344 g/mol. The fourth-order valence-electron chi connectivity index (χ4n) is 4.12. The lowest BCUT2D eigenvalue weighted by Gasteiger charge is -2.38. The number of ether oxygens (including phenoxy) is 1. The van der Waals surface area contributed by atoms with Gasteiger partial charge in [0, 0.05) is 31.0 Å². The van der Waals surface area contributed by atoms with Gasteiger partial charge in [-0.05, 0) is 68.4 Å². The van der Waals surface area contributed by atoms with Gasteiger partial charge in [-0.25, -0.2) is 4.79 Å². The van der Waals surface area contributed by atoms with E-state index >= 15 is 0 Å². The molecule has 1 N–H and O–H groups in total. The number of carbonyl (C=O) groups excluding carboxylic acids is 1. The van der Waals surface area contributed by atoms with Crippen molar-refractivity contribution >= 4 is 17.8 Å². The van der Waals surface area contributed by atoms with Crippen LogP contribution in [0.3, 0.4) is 0 Å². The van der Waals surface area contributed by atoms with Gasteiger partial charge in [0.15, 0.2) is 0 Å². The molecule has 142 valence electrons. The van der Waals surface area contributed by atoms with Crippen molar-refractivity contribution in [3.05, 3.63) is 34.9 Å². The molecule has 2 saturated heterocycles. The second-order valence-electron chi connectivity index (χ2n) is 8.25. The predicted octanol–water partition coefficient (Wildman–Crippen LogP) is 4.03. The highest BCUT2D eigenvalue weighted by atomic mass is 32.2. The van der Waals surface area contributed by atoms with Crippen molar-refractivity contribution in [1.82, 2.24) is 10.2 Å². The molecule has 4 rings (SSSR count). The van der Waals surface area contributed by atoms with Crippen molar-refractivity contribution < 1.29 is 9.53 Å². The number of urea groups is 1. The van der Waals surface area contributed by atoms with Crippen LogP contribution in [0.25, 0.3) is 0 Å². The molecule has 1 spiro atoms. The monoisotopic (exact) mass is 374 g/mol. The van der Waals surface area contributed by atoms with E-state index < -0.39 is 0 Å². The standard InChI is InChI=1S/C21H30N2O2S/c1-15-3-4-17(11-16(15)2)13-23(19-5-6-19)20(24)22-18-7-9-25-21(12-18)8-10-26-14-21/h3-4,11,18-19H,5-10,12-14H2,1-2H3,(H,22,24)/t18-,21-/m1/s1. The van der Waals surface area contributed by atoms with Crippen LogP contribution in [-0.4, -0.2) is 46.7 Å². The molecule has 2 heterocycles. The summed E-state index contributed by atoms with van der Waals surface area (Å²) in [4.78, 5) is 15.1. The summed E-state index contributed by atoms with van der Waals surface area (Å²) in [6, 6.07) is 7.30. The minimum absolute atomic E-state index is 0.0132. The number of nitrogens with one attached hydrogen (secondary N) is 1. The molecule has 1 aliphatic carbocycles. The average molecular weight is 375 g/mol. The minimum atomic E-state index is 0.0132. The van der Waals surface area contributed by atoms with Gasteiger partial charge in [0.05, 0.1) is 5.60 Å². The van der Waals surface area contributed by atoms with Crippen LogP contribution in [0.2, 0.25) is 0 Å². The molecule has 0 unspecified atom stereocenters. The summed E-state index contributed by atoms with van der Waals surface area (Å²) < 4.78 is 6.09. The molecule has 0 radical (unpaired) electrons. The third-order valence-corrected chi connectivity index (χ3v) is 7.28. The first-order valence-corrected chi connectivity index (χ1v) is 11.1. The molecule has 2 atom stereocenters. The SMILES string of the molecule is Cc1ccc(CN(C(=O)N[C@@H]2CCO[C@]3(CCSC3)C2)C2CC2)cc1C. The topological polar surface area (TPSA) is 41.6 Å². The fraction of sp³-hybridized carbons (Fsp3) is 0.667. The highest BCUT2D eigenvalue weighted by Gasteiger charge is 2.41. The fourth-order valence-corrected chi connectivity index (χ4v) is 5.50. The number of hydrogen-bond acceptors (Lipinski definition) is 3. The molecule has 0 bridgehead atoms. The van der Waals surface area contributed by atoms with Gasteiger partial charge in [0.1, 0.15) is 0 Å². The van der Waals surface area contributed by atoms with E-state index in [1.807, 2.05) is 11.8 Å². The van der Waals surface area contributed by atoms with E-state index in [4.69, 9.17) is 4.74 Å². The normalized spacial score (nSPS) is 28.3. The summed E-state index contributed by atoms with van der Waals surface area (Å²) in [7, 11) is 0.